The van der Waals surface area contributed by atoms with Crippen molar-refractivity contribution in [3.8, 4) is 0 Å². The summed E-state index contributed by atoms with van der Waals surface area (Å²) in [7, 11) is 7.18. The van der Waals surface area contributed by atoms with E-state index in [1.165, 1.54) is 42.2 Å². The highest BCUT2D eigenvalue weighted by molar-refractivity contribution is 5.86. The lowest BCUT2D eigenvalue weighted by molar-refractivity contribution is -0.141. The van der Waals surface area contributed by atoms with E-state index in [-0.39, 0.29) is 120 Å². The molecule has 0 aromatic rings. The van der Waals surface area contributed by atoms with Crippen LogP contribution in [0.25, 0.3) is 0 Å². The van der Waals surface area contributed by atoms with E-state index >= 15 is 0 Å². The van der Waals surface area contributed by atoms with Gasteiger partial charge in [0.25, 0.3) is 0 Å². The molecule has 0 saturated heterocycles. The smallest absolute Gasteiger partial charge is 0.319 e. The Bertz CT molecular complexity index is 2620. The summed E-state index contributed by atoms with van der Waals surface area (Å²) in [6, 6.07) is -5.04. The third kappa shape index (κ3) is 61.4. The summed E-state index contributed by atoms with van der Waals surface area (Å²) in [6.07, 6.45) is 2.84. The van der Waals surface area contributed by atoms with Gasteiger partial charge in [0.15, 0.2) is 0 Å². The number of carboxylic acid groups (broad SMARTS) is 5. The number of likely N-dealkylation sites (N-methyl/N-ethyl adjacent to an activating group) is 5. The van der Waals surface area contributed by atoms with E-state index in [0.29, 0.717) is 58.3 Å². The van der Waals surface area contributed by atoms with Crippen LogP contribution in [0.5, 0.6) is 0 Å². The first-order valence-corrected chi connectivity index (χ1v) is 33.4. The van der Waals surface area contributed by atoms with Crippen molar-refractivity contribution in [1.82, 2.24) is 78.8 Å². The van der Waals surface area contributed by atoms with E-state index in [1.54, 1.807) is 0 Å². The van der Waals surface area contributed by atoms with Gasteiger partial charge in [-0.3, -0.25) is 99.0 Å². The van der Waals surface area contributed by atoms with Gasteiger partial charge in [0.05, 0.1) is 30.7 Å². The number of hydrazine groups is 5. The summed E-state index contributed by atoms with van der Waals surface area (Å²) in [5, 5.41) is 61.9. The largest absolute Gasteiger partial charge is 0.480 e. The first-order valence-electron chi connectivity index (χ1n) is 33.4. The third-order valence-corrected chi connectivity index (χ3v) is 13.7. The normalized spacial score (nSPS) is 13.6. The predicted molar refractivity (Wildman–Crippen MR) is 383 cm³/mol. The molecule has 10 atom stereocenters. The Labute approximate surface area is 611 Å². The highest BCUT2D eigenvalue weighted by Gasteiger charge is 2.27. The van der Waals surface area contributed by atoms with Crippen LogP contribution in [0.3, 0.4) is 0 Å². The highest BCUT2D eigenvalue weighted by atomic mass is 16.4. The van der Waals surface area contributed by atoms with Crippen LogP contribution in [0.4, 0.5) is 0 Å². The Morgan fingerprint density at radius 1 is 0.333 bits per heavy atom. The Hall–Kier alpha value is -8.59. The number of carbonyl (C=O) groups is 15. The second kappa shape index (κ2) is 61.7. The summed E-state index contributed by atoms with van der Waals surface area (Å²) < 4.78 is 0. The molecule has 0 rings (SSSR count). The summed E-state index contributed by atoms with van der Waals surface area (Å²) in [5.74, 6) is -9.17. The van der Waals surface area contributed by atoms with Crippen LogP contribution in [-0.4, -0.2) is 308 Å². The molecule has 10 amide bonds. The molecule has 0 aromatic carbocycles. The number of hydrogen-bond donors (Lipinski definition) is 26. The monoisotopic (exact) mass is 1520 g/mol. The molecule has 0 aromatic heterocycles. The van der Waals surface area contributed by atoms with Crippen LogP contribution in [0.15, 0.2) is 0 Å². The van der Waals surface area contributed by atoms with Crippen molar-refractivity contribution in [2.45, 2.75) is 160 Å². The Morgan fingerprint density at radius 2 is 0.562 bits per heavy atom. The number of rotatable bonds is 49. The van der Waals surface area contributed by atoms with Gasteiger partial charge in [-0.05, 0) is 83.6 Å². The molecule has 0 heterocycles. The molecule has 46 nitrogen and oxygen atoms in total. The van der Waals surface area contributed by atoms with E-state index < -0.39 is 120 Å². The third-order valence-electron chi connectivity index (χ3n) is 13.7. The van der Waals surface area contributed by atoms with E-state index in [4.69, 9.17) is 88.6 Å². The van der Waals surface area contributed by atoms with Gasteiger partial charge in [0, 0.05) is 104 Å². The SMILES string of the molecule is CC(C)[C@H](N)C(=O)N[C@@H](CCN)CC(=O)NN(C)CC(=O)O.CC[C@H](C)[C@H](N)C(=O)N[C@@H](CCN)CC(=O)NN(C)CC(=O)O.CN(CC(=O)O)NC(=O)C[C@H](CCN)NC(=O)CN.CN(CC(=O)O)NC(=O)C[C@H](CCN)NC(=O)[C@@H](N)CN.C[C@H](N)C(=O)N[C@@H](CCN)CC(=O)NN(C)CC(=O)O. The highest BCUT2D eigenvalue weighted by Crippen LogP contribution is 2.08. The lowest BCUT2D eigenvalue weighted by Gasteiger charge is -2.24. The summed E-state index contributed by atoms with van der Waals surface area (Å²) in [5.41, 5.74) is 72.2. The molecule has 0 fully saturated rings. The Kier molecular flexibility index (Phi) is 61.7. The van der Waals surface area contributed by atoms with E-state index in [2.05, 4.69) is 53.7 Å². The van der Waals surface area contributed by atoms with Gasteiger partial charge in [-0.15, -0.1) is 0 Å². The number of carboxylic acids is 5. The number of hydrogen-bond acceptors (Lipinski definition) is 31. The number of aliphatic carboxylic acids is 5. The van der Waals surface area contributed by atoms with Gasteiger partial charge < -0.3 is 115 Å². The lowest BCUT2D eigenvalue weighted by atomic mass is 9.98. The molecule has 105 heavy (non-hydrogen) atoms. The molecule has 0 radical (unpaired) electrons. The minimum atomic E-state index is -1.07. The zero-order chi connectivity index (χ0) is 82.2. The summed E-state index contributed by atoms with van der Waals surface area (Å²) >= 11 is 0. The fourth-order valence-electron chi connectivity index (χ4n) is 8.20. The van der Waals surface area contributed by atoms with Crippen molar-refractivity contribution in [3.05, 3.63) is 0 Å². The van der Waals surface area contributed by atoms with Crippen LogP contribution < -0.4 is 117 Å². The van der Waals surface area contributed by atoms with E-state index in [1.807, 2.05) is 27.7 Å². The average molecular weight is 1520 g/mol. The molecule has 0 aliphatic heterocycles. The molecule has 0 aliphatic carbocycles. The van der Waals surface area contributed by atoms with Gasteiger partial charge >= 0.3 is 29.8 Å². The second-order valence-electron chi connectivity index (χ2n) is 24.4. The lowest BCUT2D eigenvalue weighted by Crippen LogP contribution is -2.51. The zero-order valence-corrected chi connectivity index (χ0v) is 62.1. The van der Waals surface area contributed by atoms with Crippen molar-refractivity contribution >= 4 is 88.9 Å². The minimum absolute atomic E-state index is 0.000124. The topological polar surface area (TPSA) is 780 Å². The first-order chi connectivity index (χ1) is 48.8. The molecule has 46 heteroatoms. The molecule has 0 bridgehead atoms. The minimum Gasteiger partial charge on any atom is -0.480 e. The zero-order valence-electron chi connectivity index (χ0n) is 62.1. The maximum atomic E-state index is 12.1. The van der Waals surface area contributed by atoms with Crippen molar-refractivity contribution in [1.29, 1.82) is 0 Å². The molecule has 0 saturated carbocycles. The fourth-order valence-corrected chi connectivity index (χ4v) is 8.20. The van der Waals surface area contributed by atoms with Crippen LogP contribution in [0.2, 0.25) is 0 Å². The van der Waals surface area contributed by atoms with E-state index in [0.717, 1.165) is 31.5 Å². The average Bonchev–Trinajstić information content (AvgIpc) is 0.912. The molecule has 0 aliphatic rings. The number of carbonyl (C=O) groups excluding carboxylic acids is 10. The van der Waals surface area contributed by atoms with Gasteiger partial charge in [-0.1, -0.05) is 34.1 Å². The van der Waals surface area contributed by atoms with Gasteiger partial charge in [0.1, 0.15) is 32.7 Å². The predicted octanol–water partition coefficient (Wildman–Crippen LogP) is -11.8. The van der Waals surface area contributed by atoms with Crippen LogP contribution in [-0.2, 0) is 71.9 Å². The van der Waals surface area contributed by atoms with Gasteiger partial charge in [-0.25, -0.2) is 25.0 Å². The molecule has 610 valence electrons. The second-order valence-corrected chi connectivity index (χ2v) is 24.4. The van der Waals surface area contributed by atoms with Crippen LogP contribution >= 0.6 is 0 Å². The fraction of sp³-hybridized carbons (Fsp3) is 0.746. The van der Waals surface area contributed by atoms with Crippen LogP contribution in [0, 0.1) is 11.8 Å². The Morgan fingerprint density at radius 3 is 0.762 bits per heavy atom. The number of nitrogens with one attached hydrogen (secondary N) is 10. The van der Waals surface area contributed by atoms with Crippen molar-refractivity contribution < 1.29 is 97.5 Å². The van der Waals surface area contributed by atoms with Gasteiger partial charge in [0.2, 0.25) is 59.1 Å². The Balaban J connectivity index is -0.000000397. The molecule has 37 N–H and O–H groups in total. The van der Waals surface area contributed by atoms with Crippen molar-refractivity contribution in [2.24, 2.45) is 74.9 Å². The number of nitrogens with zero attached hydrogens (tertiary/aromatic N) is 5. The van der Waals surface area contributed by atoms with Crippen LogP contribution in [0.1, 0.15) is 105 Å². The summed E-state index contributed by atoms with van der Waals surface area (Å²) in [6.45, 7) is 8.75. The maximum absolute atomic E-state index is 12.1. The first kappa shape index (κ1) is 105. The molecule has 0 spiro atoms. The van der Waals surface area contributed by atoms with E-state index in [9.17, 15) is 71.9 Å². The van der Waals surface area contributed by atoms with Crippen molar-refractivity contribution in [3.63, 3.8) is 0 Å². The molecular formula is C59H124N26O20. The van der Waals surface area contributed by atoms with Crippen molar-refractivity contribution in [2.75, 3.05) is 114 Å². The van der Waals surface area contributed by atoms with Gasteiger partial charge in [-0.2, -0.15) is 0 Å². The number of amides is 10. The number of nitrogens with two attached hydrogens (primary N) is 11. The molecular weight excluding hydrogens is 1390 g/mol. The maximum Gasteiger partial charge on any atom is 0.319 e. The quantitative estimate of drug-likeness (QED) is 0.0252. The molecule has 0 unspecified atom stereocenters. The standard InChI is InChI=1S/C14H29N5O4.C13H27N5O4.C11H24N6O4.C11H23N5O4.C10H21N5O4/c1-4-9(2)13(16)14(23)17-10(5-6-15)7-11(20)18-19(3)8-12(21)22;1-8(2)12(15)13(22)16-9(4-5-14)6-10(19)17-18(3)7-11(20)21;1-17(6-10(19)20)16-9(18)4-7(2-3-12)15-11(21)8(14)5-13;1-7(13)11(20)14-8(3-4-12)5-9(17)15-16(2)6-10(18)19;1-15(6-10(18)19)14-8(16)4-7(2-3-11)13-9(17)5-12/h9-10,13H,4-8,15-16H2,1-3H3,(H,17,23)(H,18,20)(H,21,22);8-9,12H,4-7,14-15H2,1-3H3,(H,16,22)(H,17,19)(H,20,21);7-8H,2-6,12-14H2,1H3,(H,15,21)(H,16,18)(H,19,20);7-8H,3-6,12-13H2,1-2H3,(H,14,20)(H,15,17)(H,18,19);7H,2-6,11-12H2,1H3,(H,13,17)(H,14,16)(H,18,19)/t9-,10-,13-;9-,12-;2*7-,8-;7-/m00000/s1. The summed E-state index contributed by atoms with van der Waals surface area (Å²) in [4.78, 5) is 169.